The van der Waals surface area contributed by atoms with Gasteiger partial charge in [0.05, 0.1) is 27.7 Å². The minimum absolute atomic E-state index is 0.0117. The van der Waals surface area contributed by atoms with Crippen molar-refractivity contribution in [2.75, 3.05) is 12.5 Å². The molecule has 6 nitrogen and oxygen atoms in total. The maximum Gasteiger partial charge on any atom is 0.260 e. The third-order valence-electron chi connectivity index (χ3n) is 7.25. The summed E-state index contributed by atoms with van der Waals surface area (Å²) in [6, 6.07) is 15.8. The number of halogens is 3. The van der Waals surface area contributed by atoms with Crippen molar-refractivity contribution in [3.63, 3.8) is 0 Å². The first-order valence-corrected chi connectivity index (χ1v) is 13.2. The van der Waals surface area contributed by atoms with Gasteiger partial charge in [0.1, 0.15) is 5.82 Å². The van der Waals surface area contributed by atoms with Crippen LogP contribution in [0.2, 0.25) is 5.02 Å². The van der Waals surface area contributed by atoms with Crippen LogP contribution in [0.5, 0.6) is 11.5 Å². The Bertz CT molecular complexity index is 1480. The molecule has 0 radical (unpaired) electrons. The number of hydrogen-bond acceptors (Lipinski definition) is 5. The van der Waals surface area contributed by atoms with Gasteiger partial charge in [-0.3, -0.25) is 15.0 Å². The van der Waals surface area contributed by atoms with Gasteiger partial charge in [-0.2, -0.15) is 5.01 Å². The molecule has 38 heavy (non-hydrogen) atoms. The normalized spacial score (nSPS) is 22.6. The van der Waals surface area contributed by atoms with Crippen LogP contribution in [0.15, 0.2) is 85.0 Å². The van der Waals surface area contributed by atoms with E-state index < -0.39 is 34.9 Å². The molecule has 3 aromatic rings. The topological polar surface area (TPSA) is 78.9 Å². The van der Waals surface area contributed by atoms with Gasteiger partial charge < -0.3 is 9.84 Å². The summed E-state index contributed by atoms with van der Waals surface area (Å²) in [4.78, 5) is 28.5. The molecule has 2 amide bonds. The molecule has 0 bridgehead atoms. The number of allylic oxidation sites excluding steroid dienone is 3. The zero-order valence-corrected chi connectivity index (χ0v) is 23.2. The Labute approximate surface area is 237 Å². The Kier molecular flexibility index (Phi) is 6.96. The van der Waals surface area contributed by atoms with E-state index in [0.717, 1.165) is 10.6 Å². The highest BCUT2D eigenvalue weighted by Crippen LogP contribution is 2.58. The number of nitrogens with zero attached hydrogens (tertiary/aromatic N) is 1. The van der Waals surface area contributed by atoms with E-state index in [4.69, 9.17) is 16.3 Å². The number of nitrogens with one attached hydrogen (secondary N) is 1. The Morgan fingerprint density at radius 3 is 2.50 bits per heavy atom. The second kappa shape index (κ2) is 10.1. The molecule has 1 saturated heterocycles. The van der Waals surface area contributed by atoms with Crippen molar-refractivity contribution in [3.05, 3.63) is 111 Å². The number of carbonyl (C=O) groups excluding carboxylic acids is 2. The highest BCUT2D eigenvalue weighted by atomic mass is 127. The molecule has 1 fully saturated rings. The minimum atomic E-state index is -1.36. The number of phenols is 1. The monoisotopic (exact) mass is 644 g/mol. The van der Waals surface area contributed by atoms with Gasteiger partial charge >= 0.3 is 0 Å². The lowest BCUT2D eigenvalue weighted by Crippen LogP contribution is -2.48. The molecule has 0 unspecified atom stereocenters. The highest BCUT2D eigenvalue weighted by Gasteiger charge is 2.65. The average Bonchev–Trinajstić information content (AvgIpc) is 3.13. The fourth-order valence-electron chi connectivity index (χ4n) is 5.58. The van der Waals surface area contributed by atoms with Crippen molar-refractivity contribution in [1.82, 2.24) is 5.01 Å². The van der Waals surface area contributed by atoms with Crippen molar-refractivity contribution in [1.29, 1.82) is 0 Å². The number of imide groups is 1. The summed E-state index contributed by atoms with van der Waals surface area (Å²) in [5, 5.41) is 12.0. The number of ether oxygens (including phenoxy) is 1. The van der Waals surface area contributed by atoms with E-state index in [1.54, 1.807) is 42.5 Å². The molecular formula is C29H23ClFIN2O4. The summed E-state index contributed by atoms with van der Waals surface area (Å²) in [5.74, 6) is -2.45. The standard InChI is InChI=1S/C29H23ClFIN2O4/c1-3-16-4-13-22-27(36)34(33-21-11-9-20(31)10-12-21)28(37)29(22,18-5-7-19(30)8-6-18)25(16)17-14-23(32)26(35)24(15-17)38-2/h3-12,14-15,22,25,33,35H,1,13H2,2H3/t22-,25+,29+/m0/s1. The maximum atomic E-state index is 14.6. The SMILES string of the molecule is C=CC1=CC[C@H]2C(=O)N(Nc3ccc(F)cc3)C(=O)[C@@]2(c2ccc(Cl)cc2)[C@H]1c1cc(I)c(O)c(OC)c1. The summed E-state index contributed by atoms with van der Waals surface area (Å²) in [6.45, 7) is 4.00. The van der Waals surface area contributed by atoms with Crippen molar-refractivity contribution >= 4 is 51.7 Å². The first-order valence-electron chi connectivity index (χ1n) is 11.8. The van der Waals surface area contributed by atoms with E-state index in [0.29, 0.717) is 31.8 Å². The van der Waals surface area contributed by atoms with Crippen molar-refractivity contribution in [2.45, 2.75) is 17.8 Å². The summed E-state index contributed by atoms with van der Waals surface area (Å²) in [5.41, 5.74) is 4.00. The molecule has 1 aliphatic carbocycles. The third kappa shape index (κ3) is 4.06. The van der Waals surface area contributed by atoms with Crippen LogP contribution in [-0.2, 0) is 15.0 Å². The molecule has 0 spiro atoms. The molecule has 0 saturated carbocycles. The molecule has 0 aromatic heterocycles. The lowest BCUT2D eigenvalue weighted by molar-refractivity contribution is -0.138. The van der Waals surface area contributed by atoms with Gasteiger partial charge in [0, 0.05) is 10.9 Å². The summed E-state index contributed by atoms with van der Waals surface area (Å²) < 4.78 is 19.5. The molecule has 3 aromatic carbocycles. The largest absolute Gasteiger partial charge is 0.504 e. The van der Waals surface area contributed by atoms with Gasteiger partial charge in [0.25, 0.3) is 11.8 Å². The van der Waals surface area contributed by atoms with Gasteiger partial charge in [-0.25, -0.2) is 4.39 Å². The Hall–Kier alpha value is -3.37. The molecule has 9 heteroatoms. The lowest BCUT2D eigenvalue weighted by Gasteiger charge is -2.43. The molecular weight excluding hydrogens is 622 g/mol. The average molecular weight is 645 g/mol. The van der Waals surface area contributed by atoms with Crippen LogP contribution in [0.25, 0.3) is 0 Å². The summed E-state index contributed by atoms with van der Waals surface area (Å²) in [7, 11) is 1.45. The number of anilines is 1. The minimum Gasteiger partial charge on any atom is -0.504 e. The number of benzene rings is 3. The number of methoxy groups -OCH3 is 1. The lowest BCUT2D eigenvalue weighted by atomic mass is 9.56. The number of hydrogen-bond donors (Lipinski definition) is 2. The van der Waals surface area contributed by atoms with Gasteiger partial charge in [-0.05, 0) is 94.2 Å². The predicted molar refractivity (Wildman–Crippen MR) is 152 cm³/mol. The quantitative estimate of drug-likeness (QED) is 0.242. The van der Waals surface area contributed by atoms with E-state index >= 15 is 0 Å². The number of rotatable bonds is 6. The van der Waals surface area contributed by atoms with Gasteiger partial charge in [-0.15, -0.1) is 0 Å². The summed E-state index contributed by atoms with van der Waals surface area (Å²) >= 11 is 8.23. The van der Waals surface area contributed by atoms with E-state index in [1.165, 1.54) is 31.4 Å². The number of hydrazine groups is 1. The smallest absolute Gasteiger partial charge is 0.260 e. The zero-order valence-electron chi connectivity index (χ0n) is 20.3. The molecule has 1 aliphatic heterocycles. The number of amides is 2. The molecule has 2 aliphatic rings. The maximum absolute atomic E-state index is 14.6. The molecule has 2 N–H and O–H groups in total. The van der Waals surface area contributed by atoms with Crippen molar-refractivity contribution in [3.8, 4) is 11.5 Å². The number of phenolic OH excluding ortho intramolecular Hbond substituents is 1. The Morgan fingerprint density at radius 1 is 1.18 bits per heavy atom. The second-order valence-corrected chi connectivity index (χ2v) is 10.8. The van der Waals surface area contributed by atoms with E-state index in [2.05, 4.69) is 12.0 Å². The van der Waals surface area contributed by atoms with Crippen LogP contribution in [0.1, 0.15) is 23.5 Å². The third-order valence-corrected chi connectivity index (χ3v) is 8.32. The summed E-state index contributed by atoms with van der Waals surface area (Å²) in [6.07, 6.45) is 3.92. The van der Waals surface area contributed by atoms with E-state index in [1.807, 2.05) is 28.7 Å². The van der Waals surface area contributed by atoms with Crippen LogP contribution < -0.4 is 10.2 Å². The molecule has 5 rings (SSSR count). The molecule has 194 valence electrons. The molecule has 1 heterocycles. The number of aromatic hydroxyl groups is 1. The van der Waals surface area contributed by atoms with Crippen LogP contribution in [-0.4, -0.2) is 29.0 Å². The number of carbonyl (C=O) groups is 2. The van der Waals surface area contributed by atoms with Crippen molar-refractivity contribution < 1.29 is 23.8 Å². The number of fused-ring (bicyclic) bond motifs is 1. The predicted octanol–water partition coefficient (Wildman–Crippen LogP) is 6.35. The zero-order chi connectivity index (χ0) is 27.2. The van der Waals surface area contributed by atoms with Gasteiger partial charge in [-0.1, -0.05) is 42.5 Å². The van der Waals surface area contributed by atoms with E-state index in [-0.39, 0.29) is 11.5 Å². The Morgan fingerprint density at radius 2 is 1.87 bits per heavy atom. The van der Waals surface area contributed by atoms with Gasteiger partial charge in [0.2, 0.25) is 0 Å². The van der Waals surface area contributed by atoms with Gasteiger partial charge in [0.15, 0.2) is 11.5 Å². The highest BCUT2D eigenvalue weighted by molar-refractivity contribution is 14.1. The Balaban J connectivity index is 1.76. The fraction of sp³-hybridized carbons (Fsp3) is 0.172. The van der Waals surface area contributed by atoms with Crippen LogP contribution in [0.4, 0.5) is 10.1 Å². The first-order chi connectivity index (χ1) is 18.2. The van der Waals surface area contributed by atoms with Crippen LogP contribution >= 0.6 is 34.2 Å². The van der Waals surface area contributed by atoms with Crippen LogP contribution in [0, 0.1) is 15.3 Å². The molecule has 3 atom stereocenters. The van der Waals surface area contributed by atoms with Crippen molar-refractivity contribution in [2.24, 2.45) is 5.92 Å². The fourth-order valence-corrected chi connectivity index (χ4v) is 6.33. The van der Waals surface area contributed by atoms with E-state index in [9.17, 15) is 19.1 Å². The first kappa shape index (κ1) is 26.2. The second-order valence-electron chi connectivity index (χ2n) is 9.16. The van der Waals surface area contributed by atoms with Crippen LogP contribution in [0.3, 0.4) is 0 Å².